The molecule has 16 heavy (non-hydrogen) atoms. The van der Waals surface area contributed by atoms with Gasteiger partial charge in [0.25, 0.3) is 5.91 Å². The molecule has 0 N–H and O–H groups in total. The summed E-state index contributed by atoms with van der Waals surface area (Å²) in [5, 5.41) is 2.35. The van der Waals surface area contributed by atoms with Gasteiger partial charge in [0, 0.05) is 17.0 Å². The Morgan fingerprint density at radius 3 is 2.81 bits per heavy atom. The number of halogens is 2. The van der Waals surface area contributed by atoms with Crippen LogP contribution in [0.5, 0.6) is 0 Å². The van der Waals surface area contributed by atoms with Gasteiger partial charge in [-0.1, -0.05) is 23.2 Å². The Labute approximate surface area is 109 Å². The maximum Gasteiger partial charge on any atom is 0.256 e. The number of rotatable bonds is 4. The fourth-order valence-corrected chi connectivity index (χ4v) is 2.32. The van der Waals surface area contributed by atoms with E-state index < -0.39 is 0 Å². The largest absolute Gasteiger partial charge is 0.275 e. The van der Waals surface area contributed by atoms with Crippen molar-refractivity contribution in [1.29, 1.82) is 0 Å². The number of benzene rings is 1. The minimum Gasteiger partial charge on any atom is -0.275 e. The standard InChI is InChI=1S/C10H11Cl2NO2S/c1-13(15-2)10(14)6-16-9-5-7(11)3-4-8(9)12/h3-5H,6H2,1-2H3. The summed E-state index contributed by atoms with van der Waals surface area (Å²) < 4.78 is 0. The molecule has 0 aliphatic carbocycles. The smallest absolute Gasteiger partial charge is 0.256 e. The Bertz CT molecular complexity index is 387. The van der Waals surface area contributed by atoms with E-state index >= 15 is 0 Å². The summed E-state index contributed by atoms with van der Waals surface area (Å²) in [4.78, 5) is 17.0. The van der Waals surface area contributed by atoms with Gasteiger partial charge in [-0.2, -0.15) is 0 Å². The zero-order chi connectivity index (χ0) is 12.1. The third kappa shape index (κ3) is 3.87. The van der Waals surface area contributed by atoms with E-state index in [1.165, 1.54) is 23.9 Å². The third-order valence-corrected chi connectivity index (χ3v) is 3.59. The van der Waals surface area contributed by atoms with Gasteiger partial charge in [0.1, 0.15) is 0 Å². The van der Waals surface area contributed by atoms with E-state index in [1.54, 1.807) is 25.2 Å². The lowest BCUT2D eigenvalue weighted by atomic mass is 10.4. The highest BCUT2D eigenvalue weighted by Crippen LogP contribution is 2.29. The quantitative estimate of drug-likeness (QED) is 0.627. The van der Waals surface area contributed by atoms with Crippen LogP contribution in [0.3, 0.4) is 0 Å². The average molecular weight is 280 g/mol. The topological polar surface area (TPSA) is 29.5 Å². The van der Waals surface area contributed by atoms with Crippen molar-refractivity contribution in [3.63, 3.8) is 0 Å². The van der Waals surface area contributed by atoms with Crippen LogP contribution in [-0.2, 0) is 9.63 Å². The number of hydrogen-bond acceptors (Lipinski definition) is 3. The molecule has 0 bridgehead atoms. The number of carbonyl (C=O) groups excluding carboxylic acids is 1. The van der Waals surface area contributed by atoms with Crippen molar-refractivity contribution in [1.82, 2.24) is 5.06 Å². The van der Waals surface area contributed by atoms with E-state index in [-0.39, 0.29) is 11.7 Å². The molecule has 0 aliphatic rings. The van der Waals surface area contributed by atoms with Crippen LogP contribution in [0.15, 0.2) is 23.1 Å². The number of amides is 1. The van der Waals surface area contributed by atoms with Gasteiger partial charge >= 0.3 is 0 Å². The number of hydroxylamine groups is 2. The lowest BCUT2D eigenvalue weighted by Crippen LogP contribution is -2.26. The summed E-state index contributed by atoms with van der Waals surface area (Å²) in [5.74, 6) is 0.119. The van der Waals surface area contributed by atoms with Crippen LogP contribution in [0, 0.1) is 0 Å². The molecule has 88 valence electrons. The number of carbonyl (C=O) groups is 1. The van der Waals surface area contributed by atoms with Gasteiger partial charge in [-0.3, -0.25) is 9.63 Å². The highest BCUT2D eigenvalue weighted by atomic mass is 35.5. The molecule has 0 aromatic heterocycles. The molecule has 0 unspecified atom stereocenters. The molecule has 0 aliphatic heterocycles. The Kier molecular flexibility index (Phi) is 5.41. The van der Waals surface area contributed by atoms with E-state index in [2.05, 4.69) is 0 Å². The molecule has 1 amide bonds. The molecule has 0 fully saturated rings. The third-order valence-electron chi connectivity index (χ3n) is 1.87. The predicted octanol–water partition coefficient (Wildman–Crippen LogP) is 3.11. The van der Waals surface area contributed by atoms with E-state index in [4.69, 9.17) is 28.0 Å². The van der Waals surface area contributed by atoms with Crippen molar-refractivity contribution in [2.45, 2.75) is 4.90 Å². The highest BCUT2D eigenvalue weighted by molar-refractivity contribution is 8.00. The molecule has 0 atom stereocenters. The summed E-state index contributed by atoms with van der Waals surface area (Å²) in [6, 6.07) is 5.14. The molecular weight excluding hydrogens is 269 g/mol. The average Bonchev–Trinajstić information content (AvgIpc) is 2.28. The second kappa shape index (κ2) is 6.35. The van der Waals surface area contributed by atoms with E-state index in [1.807, 2.05) is 0 Å². The van der Waals surface area contributed by atoms with Crippen molar-refractivity contribution >= 4 is 40.9 Å². The Morgan fingerprint density at radius 1 is 1.50 bits per heavy atom. The first-order chi connectivity index (χ1) is 7.54. The van der Waals surface area contributed by atoms with Crippen molar-refractivity contribution in [3.8, 4) is 0 Å². The van der Waals surface area contributed by atoms with Crippen molar-refractivity contribution in [3.05, 3.63) is 28.2 Å². The summed E-state index contributed by atoms with van der Waals surface area (Å²) in [6.45, 7) is 0. The summed E-state index contributed by atoms with van der Waals surface area (Å²) in [5.41, 5.74) is 0. The predicted molar refractivity (Wildman–Crippen MR) is 67.0 cm³/mol. The molecule has 0 spiro atoms. The van der Waals surface area contributed by atoms with Crippen LogP contribution in [0.2, 0.25) is 10.0 Å². The molecule has 1 aromatic rings. The molecule has 3 nitrogen and oxygen atoms in total. The first kappa shape index (κ1) is 13.6. The number of nitrogens with zero attached hydrogens (tertiary/aromatic N) is 1. The Hall–Kier alpha value is -0.420. The lowest BCUT2D eigenvalue weighted by molar-refractivity contribution is -0.165. The normalized spacial score (nSPS) is 10.2. The summed E-state index contributed by atoms with van der Waals surface area (Å²) in [6.07, 6.45) is 0. The summed E-state index contributed by atoms with van der Waals surface area (Å²) in [7, 11) is 3.00. The molecular formula is C10H11Cl2NO2S. The van der Waals surface area contributed by atoms with Crippen LogP contribution in [0.4, 0.5) is 0 Å². The molecule has 6 heteroatoms. The maximum atomic E-state index is 11.4. The number of thioether (sulfide) groups is 1. The van der Waals surface area contributed by atoms with Crippen molar-refractivity contribution in [2.75, 3.05) is 19.9 Å². The minimum absolute atomic E-state index is 0.136. The maximum absolute atomic E-state index is 11.4. The van der Waals surface area contributed by atoms with Crippen molar-refractivity contribution < 1.29 is 9.63 Å². The van der Waals surface area contributed by atoms with Crippen LogP contribution in [0.1, 0.15) is 0 Å². The Balaban J connectivity index is 2.61. The van der Waals surface area contributed by atoms with Gasteiger partial charge in [0.05, 0.1) is 17.9 Å². The first-order valence-electron chi connectivity index (χ1n) is 4.43. The van der Waals surface area contributed by atoms with E-state index in [9.17, 15) is 4.79 Å². The fourth-order valence-electron chi connectivity index (χ4n) is 0.920. The van der Waals surface area contributed by atoms with E-state index in [0.29, 0.717) is 10.0 Å². The van der Waals surface area contributed by atoms with Crippen LogP contribution in [-0.4, -0.2) is 30.9 Å². The SMILES string of the molecule is CON(C)C(=O)CSc1cc(Cl)ccc1Cl. The minimum atomic E-state index is -0.136. The van der Waals surface area contributed by atoms with Crippen LogP contribution in [0.25, 0.3) is 0 Å². The molecule has 0 saturated carbocycles. The van der Waals surface area contributed by atoms with Crippen molar-refractivity contribution in [2.24, 2.45) is 0 Å². The number of hydrogen-bond donors (Lipinski definition) is 0. The summed E-state index contributed by atoms with van der Waals surface area (Å²) >= 11 is 13.1. The molecule has 1 rings (SSSR count). The van der Waals surface area contributed by atoms with Gasteiger partial charge in [0.15, 0.2) is 0 Å². The fraction of sp³-hybridized carbons (Fsp3) is 0.300. The second-order valence-electron chi connectivity index (χ2n) is 2.94. The van der Waals surface area contributed by atoms with Gasteiger partial charge in [0.2, 0.25) is 0 Å². The van der Waals surface area contributed by atoms with Gasteiger partial charge in [-0.25, -0.2) is 5.06 Å². The van der Waals surface area contributed by atoms with Crippen LogP contribution >= 0.6 is 35.0 Å². The van der Waals surface area contributed by atoms with Gasteiger partial charge < -0.3 is 0 Å². The van der Waals surface area contributed by atoms with Crippen LogP contribution < -0.4 is 0 Å². The zero-order valence-electron chi connectivity index (χ0n) is 8.87. The molecule has 0 saturated heterocycles. The first-order valence-corrected chi connectivity index (χ1v) is 6.17. The van der Waals surface area contributed by atoms with Gasteiger partial charge in [-0.15, -0.1) is 11.8 Å². The van der Waals surface area contributed by atoms with E-state index in [0.717, 1.165) is 4.90 Å². The highest BCUT2D eigenvalue weighted by Gasteiger charge is 2.10. The molecule has 1 aromatic carbocycles. The lowest BCUT2D eigenvalue weighted by Gasteiger charge is -2.13. The molecule has 0 heterocycles. The monoisotopic (exact) mass is 279 g/mol. The van der Waals surface area contributed by atoms with Gasteiger partial charge in [-0.05, 0) is 18.2 Å². The molecule has 0 radical (unpaired) electrons. The Morgan fingerprint density at radius 2 is 2.19 bits per heavy atom. The second-order valence-corrected chi connectivity index (χ2v) is 4.80. The zero-order valence-corrected chi connectivity index (χ0v) is 11.2.